The first kappa shape index (κ1) is 29.6. The summed E-state index contributed by atoms with van der Waals surface area (Å²) < 4.78 is 0. The summed E-state index contributed by atoms with van der Waals surface area (Å²) >= 11 is 0. The van der Waals surface area contributed by atoms with Crippen LogP contribution in [0.2, 0.25) is 0 Å². The van der Waals surface area contributed by atoms with Crippen LogP contribution in [0.25, 0.3) is 44.4 Å². The average Bonchev–Trinajstić information content (AvgIpc) is 3.25. The molecule has 0 unspecified atom stereocenters. The van der Waals surface area contributed by atoms with Gasteiger partial charge in [0, 0.05) is 37.9 Å². The van der Waals surface area contributed by atoms with Crippen LogP contribution in [0.1, 0.15) is 51.3 Å². The van der Waals surface area contributed by atoms with E-state index in [-0.39, 0.29) is 30.9 Å². The molecule has 0 N–H and O–H groups in total. The molecule has 42 heavy (non-hydrogen) atoms. The molecule has 6 aromatic rings. The number of hydrogen-bond donors (Lipinski definition) is 0. The molecule has 7 rings (SSSR count). The van der Waals surface area contributed by atoms with Crippen LogP contribution >= 0.6 is 0 Å². The molecule has 0 saturated carbocycles. The second-order valence-electron chi connectivity index (χ2n) is 12.1. The second-order valence-corrected chi connectivity index (χ2v) is 12.1. The van der Waals surface area contributed by atoms with Crippen molar-refractivity contribution in [2.45, 2.75) is 45.4 Å². The average molecular weight is 723 g/mol. The predicted molar refractivity (Wildman–Crippen MR) is 171 cm³/mol. The number of aromatic nitrogens is 2. The molecule has 0 aliphatic heterocycles. The summed E-state index contributed by atoms with van der Waals surface area (Å²) in [5, 5.41) is 2.61. The van der Waals surface area contributed by atoms with Gasteiger partial charge in [-0.3, -0.25) is 0 Å². The Morgan fingerprint density at radius 2 is 1.45 bits per heavy atom. The van der Waals surface area contributed by atoms with Gasteiger partial charge in [0.1, 0.15) is 0 Å². The molecule has 0 spiro atoms. The van der Waals surface area contributed by atoms with Crippen molar-refractivity contribution in [3.05, 3.63) is 144 Å². The zero-order valence-electron chi connectivity index (χ0n) is 24.7. The summed E-state index contributed by atoms with van der Waals surface area (Å²) in [7, 11) is 0. The van der Waals surface area contributed by atoms with Crippen LogP contribution in [0.3, 0.4) is 0 Å². The van der Waals surface area contributed by atoms with Gasteiger partial charge in [0.15, 0.2) is 0 Å². The van der Waals surface area contributed by atoms with Crippen molar-refractivity contribution in [1.82, 2.24) is 9.97 Å². The van der Waals surface area contributed by atoms with Gasteiger partial charge in [0.25, 0.3) is 0 Å². The molecule has 0 bridgehead atoms. The molecule has 2 nitrogen and oxygen atoms in total. The van der Waals surface area contributed by atoms with Crippen LogP contribution in [-0.4, -0.2) is 9.97 Å². The monoisotopic (exact) mass is 723 g/mol. The molecule has 2 aromatic heterocycles. The Kier molecular flexibility index (Phi) is 8.28. The first-order valence-corrected chi connectivity index (χ1v) is 14.2. The Hall–Kier alpha value is -3.91. The number of benzene rings is 4. The number of pyridine rings is 2. The number of nitrogens with zero attached hydrogens (tertiary/aromatic N) is 2. The van der Waals surface area contributed by atoms with E-state index in [1.807, 2.05) is 54.7 Å². The van der Waals surface area contributed by atoms with Gasteiger partial charge in [-0.15, -0.1) is 71.3 Å². The van der Waals surface area contributed by atoms with Crippen LogP contribution < -0.4 is 0 Å². The SMILES string of the molecule is CC(C)(C)c1cc[c-]c(-c2nccc3c2C(C)(C)c2ccc4ccccc4c2-3)c1.[Ir].[c-]1ccccc1-c1ccccn1. The fourth-order valence-electron chi connectivity index (χ4n) is 5.87. The molecule has 1 radical (unpaired) electrons. The van der Waals surface area contributed by atoms with E-state index in [0.29, 0.717) is 0 Å². The van der Waals surface area contributed by atoms with E-state index in [1.165, 1.54) is 38.6 Å². The molecule has 211 valence electrons. The minimum atomic E-state index is -0.107. The van der Waals surface area contributed by atoms with Crippen molar-refractivity contribution >= 4 is 10.8 Å². The third-order valence-corrected chi connectivity index (χ3v) is 8.02. The molecule has 0 amide bonds. The molecule has 0 saturated heterocycles. The second kappa shape index (κ2) is 11.8. The molecule has 4 aromatic carbocycles. The largest absolute Gasteiger partial charge is 0.305 e. The molecule has 0 atom stereocenters. The van der Waals surface area contributed by atoms with E-state index < -0.39 is 0 Å². The van der Waals surface area contributed by atoms with Crippen molar-refractivity contribution < 1.29 is 20.1 Å². The Morgan fingerprint density at radius 3 is 2.19 bits per heavy atom. The summed E-state index contributed by atoms with van der Waals surface area (Å²) in [5.74, 6) is 0. The quantitative estimate of drug-likeness (QED) is 0.166. The minimum absolute atomic E-state index is 0. The Labute approximate surface area is 263 Å². The van der Waals surface area contributed by atoms with Crippen molar-refractivity contribution in [2.75, 3.05) is 0 Å². The predicted octanol–water partition coefficient (Wildman–Crippen LogP) is 9.85. The molecule has 3 heteroatoms. The maximum Gasteiger partial charge on any atom is 0.0167 e. The van der Waals surface area contributed by atoms with Crippen LogP contribution in [0, 0.1) is 12.1 Å². The van der Waals surface area contributed by atoms with Crippen molar-refractivity contribution in [3.8, 4) is 33.6 Å². The fraction of sp³-hybridized carbons (Fsp3) is 0.179. The minimum Gasteiger partial charge on any atom is -0.305 e. The van der Waals surface area contributed by atoms with E-state index in [9.17, 15) is 0 Å². The number of fused-ring (bicyclic) bond motifs is 5. The van der Waals surface area contributed by atoms with Gasteiger partial charge in [-0.05, 0) is 62.0 Å². The van der Waals surface area contributed by atoms with E-state index in [1.54, 1.807) is 6.20 Å². The first-order valence-electron chi connectivity index (χ1n) is 14.2. The topological polar surface area (TPSA) is 25.8 Å². The van der Waals surface area contributed by atoms with Crippen LogP contribution in [0.15, 0.2) is 116 Å². The van der Waals surface area contributed by atoms with Crippen LogP contribution in [0.5, 0.6) is 0 Å². The van der Waals surface area contributed by atoms with E-state index in [0.717, 1.165) is 22.5 Å². The normalized spacial score (nSPS) is 12.9. The van der Waals surface area contributed by atoms with Crippen LogP contribution in [0.4, 0.5) is 0 Å². The van der Waals surface area contributed by atoms with Gasteiger partial charge in [0.05, 0.1) is 0 Å². The van der Waals surface area contributed by atoms with Gasteiger partial charge < -0.3 is 9.97 Å². The molecule has 1 aliphatic carbocycles. The summed E-state index contributed by atoms with van der Waals surface area (Å²) in [6.07, 6.45) is 3.74. The summed E-state index contributed by atoms with van der Waals surface area (Å²) in [5.41, 5.74) is 10.8. The molecule has 2 heterocycles. The molecule has 0 fully saturated rings. The summed E-state index contributed by atoms with van der Waals surface area (Å²) in [6.45, 7) is 11.4. The maximum absolute atomic E-state index is 4.87. The fourth-order valence-corrected chi connectivity index (χ4v) is 5.87. The summed E-state index contributed by atoms with van der Waals surface area (Å²) in [6, 6.07) is 42.2. The zero-order valence-corrected chi connectivity index (χ0v) is 27.1. The van der Waals surface area contributed by atoms with Gasteiger partial charge in [-0.25, -0.2) is 0 Å². The van der Waals surface area contributed by atoms with Gasteiger partial charge in [-0.2, -0.15) is 0 Å². The van der Waals surface area contributed by atoms with Crippen molar-refractivity contribution in [1.29, 1.82) is 0 Å². The van der Waals surface area contributed by atoms with Gasteiger partial charge in [-0.1, -0.05) is 83.1 Å². The third kappa shape index (κ3) is 5.47. The van der Waals surface area contributed by atoms with Crippen LogP contribution in [-0.2, 0) is 30.9 Å². The summed E-state index contributed by atoms with van der Waals surface area (Å²) in [4.78, 5) is 9.09. The van der Waals surface area contributed by atoms with Crippen molar-refractivity contribution in [3.63, 3.8) is 0 Å². The first-order chi connectivity index (χ1) is 19.7. The number of rotatable bonds is 2. The smallest absolute Gasteiger partial charge is 0.0167 e. The van der Waals surface area contributed by atoms with E-state index in [2.05, 4.69) is 106 Å². The number of hydrogen-bond acceptors (Lipinski definition) is 2. The third-order valence-electron chi connectivity index (χ3n) is 8.02. The van der Waals surface area contributed by atoms with Crippen molar-refractivity contribution in [2.24, 2.45) is 0 Å². The van der Waals surface area contributed by atoms with Gasteiger partial charge >= 0.3 is 0 Å². The van der Waals surface area contributed by atoms with Gasteiger partial charge in [0.2, 0.25) is 0 Å². The van der Waals surface area contributed by atoms with E-state index in [4.69, 9.17) is 4.98 Å². The Bertz CT molecular complexity index is 1800. The van der Waals surface area contributed by atoms with E-state index >= 15 is 0 Å². The Morgan fingerprint density at radius 1 is 0.690 bits per heavy atom. The Balaban J connectivity index is 0.000000228. The standard InChI is InChI=1S/C28H26N.C11H8N.Ir/c1-27(2,3)20-11-8-10-19(17-20)26-25-22(15-16-29-26)24-21-12-7-6-9-18(21)13-14-23(24)28(25,4)5;1-2-6-10(7-3-1)11-8-4-5-9-12-11;/h6-9,11-17H,1-5H3;1-6,8-9H;/q2*-1;. The molecular weight excluding hydrogens is 689 g/mol. The maximum atomic E-state index is 4.87. The molecule has 1 aliphatic rings. The zero-order chi connectivity index (χ0) is 28.6. The molecular formula is C39H34IrN2-2.